The average Bonchev–Trinajstić information content (AvgIpc) is 2.61. The number of ether oxygens (including phenoxy) is 1. The number of unbranched alkanes of at least 4 members (excludes halogenated alkanes) is 1. The summed E-state index contributed by atoms with van der Waals surface area (Å²) in [5.74, 6) is 0.836. The summed E-state index contributed by atoms with van der Waals surface area (Å²) in [6.45, 7) is 1.25. The number of rotatable bonds is 9. The van der Waals surface area contributed by atoms with Crippen LogP contribution >= 0.6 is 27.5 Å². The Morgan fingerprint density at radius 1 is 1.29 bits per heavy atom. The summed E-state index contributed by atoms with van der Waals surface area (Å²) in [6.07, 6.45) is 4.31. The van der Waals surface area contributed by atoms with Crippen LogP contribution in [0, 0.1) is 0 Å². The van der Waals surface area contributed by atoms with E-state index in [1.807, 2.05) is 24.3 Å². The number of hydrogen-bond donors (Lipinski definition) is 1. The first-order chi connectivity index (χ1) is 11.7. The molecule has 0 bridgehead atoms. The second kappa shape index (κ2) is 9.69. The van der Waals surface area contributed by atoms with Crippen molar-refractivity contribution >= 4 is 33.2 Å². The third-order valence-corrected chi connectivity index (χ3v) is 4.55. The predicted molar refractivity (Wildman–Crippen MR) is 102 cm³/mol. The van der Waals surface area contributed by atoms with Crippen molar-refractivity contribution in [1.82, 2.24) is 9.78 Å². The van der Waals surface area contributed by atoms with Gasteiger partial charge < -0.3 is 10.1 Å². The number of aryl methyl sites for hydroxylation is 1. The Kier molecular flexibility index (Phi) is 7.59. The molecule has 0 aliphatic heterocycles. The second-order valence-corrected chi connectivity index (χ2v) is 6.49. The Labute approximate surface area is 155 Å². The molecule has 0 saturated carbocycles. The smallest absolute Gasteiger partial charge is 0.287 e. The fourth-order valence-corrected chi connectivity index (χ4v) is 2.85. The van der Waals surface area contributed by atoms with E-state index >= 15 is 0 Å². The van der Waals surface area contributed by atoms with Crippen LogP contribution in [0.25, 0.3) is 0 Å². The zero-order valence-corrected chi connectivity index (χ0v) is 15.9. The molecule has 7 heteroatoms. The molecule has 24 heavy (non-hydrogen) atoms. The van der Waals surface area contributed by atoms with Gasteiger partial charge in [0.1, 0.15) is 10.8 Å². The maximum Gasteiger partial charge on any atom is 0.287 e. The van der Waals surface area contributed by atoms with Gasteiger partial charge in [-0.3, -0.25) is 4.79 Å². The lowest BCUT2D eigenvalue weighted by Crippen LogP contribution is -2.24. The first-order valence-electron chi connectivity index (χ1n) is 7.84. The molecule has 0 saturated heterocycles. The van der Waals surface area contributed by atoms with Crippen LogP contribution in [0.3, 0.4) is 0 Å². The summed E-state index contributed by atoms with van der Waals surface area (Å²) < 4.78 is 6.55. The van der Waals surface area contributed by atoms with E-state index < -0.39 is 0 Å². The number of alkyl halides is 1. The summed E-state index contributed by atoms with van der Waals surface area (Å²) in [6, 6.07) is 7.89. The molecule has 130 valence electrons. The third kappa shape index (κ3) is 5.24. The number of nitrogens with one attached hydrogen (secondary N) is 1. The first kappa shape index (κ1) is 18.8. The van der Waals surface area contributed by atoms with Gasteiger partial charge >= 0.3 is 0 Å². The zero-order chi connectivity index (χ0) is 17.4. The SMILES string of the molecule is COc1ccc(CCNc2cnn(CCCCBr)c(=O)c2Cl)cc1. The van der Waals surface area contributed by atoms with Crippen LogP contribution in [0.15, 0.2) is 35.3 Å². The van der Waals surface area contributed by atoms with E-state index in [9.17, 15) is 4.79 Å². The molecule has 1 heterocycles. The molecule has 2 rings (SSSR count). The molecule has 1 N–H and O–H groups in total. The van der Waals surface area contributed by atoms with Gasteiger partial charge in [-0.25, -0.2) is 4.68 Å². The van der Waals surface area contributed by atoms with Crippen molar-refractivity contribution in [1.29, 1.82) is 0 Å². The van der Waals surface area contributed by atoms with Crippen LogP contribution in [-0.4, -0.2) is 28.8 Å². The van der Waals surface area contributed by atoms with E-state index in [4.69, 9.17) is 16.3 Å². The van der Waals surface area contributed by atoms with Gasteiger partial charge in [-0.15, -0.1) is 0 Å². The molecule has 2 aromatic rings. The molecule has 0 amide bonds. The summed E-state index contributed by atoms with van der Waals surface area (Å²) in [5, 5.41) is 8.47. The van der Waals surface area contributed by atoms with E-state index in [1.54, 1.807) is 13.3 Å². The number of nitrogens with zero attached hydrogens (tertiary/aromatic N) is 2. The molecule has 5 nitrogen and oxygen atoms in total. The summed E-state index contributed by atoms with van der Waals surface area (Å²) in [5.41, 5.74) is 1.50. The van der Waals surface area contributed by atoms with Gasteiger partial charge in [0.15, 0.2) is 0 Å². The molecule has 0 unspecified atom stereocenters. The highest BCUT2D eigenvalue weighted by Gasteiger charge is 2.08. The van der Waals surface area contributed by atoms with Crippen molar-refractivity contribution in [2.75, 3.05) is 24.3 Å². The maximum absolute atomic E-state index is 12.2. The van der Waals surface area contributed by atoms with E-state index in [2.05, 4.69) is 26.3 Å². The number of hydrogen-bond acceptors (Lipinski definition) is 4. The number of halogens is 2. The van der Waals surface area contributed by atoms with Crippen LogP contribution in [0.5, 0.6) is 5.75 Å². The highest BCUT2D eigenvalue weighted by Crippen LogP contribution is 2.16. The normalized spacial score (nSPS) is 10.6. The van der Waals surface area contributed by atoms with Gasteiger partial charge in [0.05, 0.1) is 19.0 Å². The Morgan fingerprint density at radius 3 is 2.71 bits per heavy atom. The van der Waals surface area contributed by atoms with Crippen LogP contribution in [0.1, 0.15) is 18.4 Å². The summed E-state index contributed by atoms with van der Waals surface area (Å²) >= 11 is 9.54. The Bertz CT molecular complexity index is 704. The predicted octanol–water partition coefficient (Wildman–Crippen LogP) is 3.74. The number of methoxy groups -OCH3 is 1. The minimum absolute atomic E-state index is 0.193. The van der Waals surface area contributed by atoms with E-state index in [0.717, 1.165) is 30.3 Å². The van der Waals surface area contributed by atoms with Crippen molar-refractivity contribution < 1.29 is 4.74 Å². The largest absolute Gasteiger partial charge is 0.497 e. The maximum atomic E-state index is 12.2. The van der Waals surface area contributed by atoms with Crippen LogP contribution in [0.2, 0.25) is 5.02 Å². The van der Waals surface area contributed by atoms with Crippen molar-refractivity contribution in [3.8, 4) is 5.75 Å². The van der Waals surface area contributed by atoms with Crippen molar-refractivity contribution in [2.24, 2.45) is 0 Å². The van der Waals surface area contributed by atoms with Crippen molar-refractivity contribution in [3.05, 3.63) is 51.4 Å². The quantitative estimate of drug-likeness (QED) is 0.502. The molecule has 1 aromatic heterocycles. The molecular weight excluding hydrogens is 394 g/mol. The molecule has 0 radical (unpaired) electrons. The Morgan fingerprint density at radius 2 is 2.04 bits per heavy atom. The minimum Gasteiger partial charge on any atom is -0.497 e. The highest BCUT2D eigenvalue weighted by molar-refractivity contribution is 9.09. The first-order valence-corrected chi connectivity index (χ1v) is 9.34. The van der Waals surface area contributed by atoms with Gasteiger partial charge in [-0.1, -0.05) is 39.7 Å². The Hall–Kier alpha value is -1.53. The monoisotopic (exact) mass is 413 g/mol. The molecule has 1 aromatic carbocycles. The van der Waals surface area contributed by atoms with Crippen LogP contribution in [-0.2, 0) is 13.0 Å². The number of benzene rings is 1. The summed E-state index contributed by atoms with van der Waals surface area (Å²) in [7, 11) is 1.65. The van der Waals surface area contributed by atoms with E-state index in [1.165, 1.54) is 10.2 Å². The Balaban J connectivity index is 1.92. The third-order valence-electron chi connectivity index (χ3n) is 3.63. The second-order valence-electron chi connectivity index (χ2n) is 5.32. The van der Waals surface area contributed by atoms with Gasteiger partial charge in [-0.2, -0.15) is 5.10 Å². The average molecular weight is 415 g/mol. The molecule has 0 aliphatic rings. The van der Waals surface area contributed by atoms with E-state index in [-0.39, 0.29) is 10.6 Å². The van der Waals surface area contributed by atoms with Crippen molar-refractivity contribution in [3.63, 3.8) is 0 Å². The van der Waals surface area contributed by atoms with Gasteiger partial charge in [0, 0.05) is 18.4 Å². The molecule has 0 aliphatic carbocycles. The van der Waals surface area contributed by atoms with E-state index in [0.29, 0.717) is 18.8 Å². The zero-order valence-electron chi connectivity index (χ0n) is 13.6. The lowest BCUT2D eigenvalue weighted by molar-refractivity contribution is 0.414. The van der Waals surface area contributed by atoms with Gasteiger partial charge in [0.2, 0.25) is 0 Å². The van der Waals surface area contributed by atoms with Crippen LogP contribution < -0.4 is 15.6 Å². The molecule has 0 spiro atoms. The van der Waals surface area contributed by atoms with Crippen molar-refractivity contribution in [2.45, 2.75) is 25.8 Å². The highest BCUT2D eigenvalue weighted by atomic mass is 79.9. The summed E-state index contributed by atoms with van der Waals surface area (Å²) in [4.78, 5) is 12.2. The minimum atomic E-state index is -0.249. The number of aromatic nitrogens is 2. The molecule has 0 atom stereocenters. The fourth-order valence-electron chi connectivity index (χ4n) is 2.24. The molecular formula is C17H21BrClN3O2. The van der Waals surface area contributed by atoms with Crippen LogP contribution in [0.4, 0.5) is 5.69 Å². The topological polar surface area (TPSA) is 56.1 Å². The van der Waals surface area contributed by atoms with Gasteiger partial charge in [-0.05, 0) is 37.0 Å². The van der Waals surface area contributed by atoms with Gasteiger partial charge in [0.25, 0.3) is 5.56 Å². The standard InChI is InChI=1S/C17H21BrClN3O2/c1-24-14-6-4-13(5-7-14)8-10-20-15-12-21-22(11-3-2-9-18)17(23)16(15)19/h4-7,12,20H,2-3,8-11H2,1H3. The lowest BCUT2D eigenvalue weighted by Gasteiger charge is -2.10. The number of anilines is 1. The lowest BCUT2D eigenvalue weighted by atomic mass is 10.1. The molecule has 0 fully saturated rings. The fraction of sp³-hybridized carbons (Fsp3) is 0.412.